The Hall–Kier alpha value is -0.630. The lowest BCUT2D eigenvalue weighted by atomic mass is 9.82. The SMILES string of the molecule is CCC(C)(C)C(C/C=C/C=O)OC. The average Bonchev–Trinajstić information content (AvgIpc) is 2.12. The molecule has 0 saturated heterocycles. The molecule has 1 atom stereocenters. The van der Waals surface area contributed by atoms with Crippen LogP contribution in [0.4, 0.5) is 0 Å². The third-order valence-corrected chi connectivity index (χ3v) is 2.63. The standard InChI is InChI=1S/C11H20O2/c1-5-11(2,3)10(13-4)8-6-7-9-12/h6-7,9-10H,5,8H2,1-4H3/b7-6+. The van der Waals surface area contributed by atoms with Crippen LogP contribution in [0, 0.1) is 5.41 Å². The number of hydrogen-bond acceptors (Lipinski definition) is 2. The van der Waals surface area contributed by atoms with Crippen LogP contribution < -0.4 is 0 Å². The normalized spacial score (nSPS) is 14.8. The summed E-state index contributed by atoms with van der Waals surface area (Å²) in [5, 5.41) is 0. The van der Waals surface area contributed by atoms with Gasteiger partial charge in [-0.05, 0) is 24.3 Å². The van der Waals surface area contributed by atoms with Crippen molar-refractivity contribution in [1.82, 2.24) is 0 Å². The molecule has 0 saturated carbocycles. The van der Waals surface area contributed by atoms with Gasteiger partial charge in [0.15, 0.2) is 0 Å². The highest BCUT2D eigenvalue weighted by Crippen LogP contribution is 2.29. The Morgan fingerprint density at radius 2 is 2.08 bits per heavy atom. The quantitative estimate of drug-likeness (QED) is 0.468. The van der Waals surface area contributed by atoms with E-state index in [9.17, 15) is 4.79 Å². The molecule has 0 aromatic rings. The van der Waals surface area contributed by atoms with Gasteiger partial charge < -0.3 is 4.74 Å². The van der Waals surface area contributed by atoms with Gasteiger partial charge >= 0.3 is 0 Å². The Labute approximate surface area is 81.0 Å². The Kier molecular flexibility index (Phi) is 5.63. The van der Waals surface area contributed by atoms with Crippen LogP contribution in [0.2, 0.25) is 0 Å². The van der Waals surface area contributed by atoms with Gasteiger partial charge in [-0.25, -0.2) is 0 Å². The fourth-order valence-corrected chi connectivity index (χ4v) is 1.22. The summed E-state index contributed by atoms with van der Waals surface area (Å²) in [5.74, 6) is 0. The summed E-state index contributed by atoms with van der Waals surface area (Å²) < 4.78 is 5.39. The number of methoxy groups -OCH3 is 1. The van der Waals surface area contributed by atoms with Crippen LogP contribution >= 0.6 is 0 Å². The van der Waals surface area contributed by atoms with Crippen molar-refractivity contribution < 1.29 is 9.53 Å². The van der Waals surface area contributed by atoms with Crippen LogP contribution in [0.1, 0.15) is 33.6 Å². The van der Waals surface area contributed by atoms with Gasteiger partial charge in [0, 0.05) is 7.11 Å². The van der Waals surface area contributed by atoms with E-state index in [1.54, 1.807) is 7.11 Å². The second-order valence-corrected chi connectivity index (χ2v) is 3.87. The van der Waals surface area contributed by atoms with E-state index in [2.05, 4.69) is 20.8 Å². The molecular formula is C11H20O2. The van der Waals surface area contributed by atoms with Crippen molar-refractivity contribution in [2.24, 2.45) is 5.41 Å². The Balaban J connectivity index is 4.16. The lowest BCUT2D eigenvalue weighted by Gasteiger charge is -2.31. The molecule has 0 N–H and O–H groups in total. The number of carbonyl (C=O) groups is 1. The minimum Gasteiger partial charge on any atom is -0.381 e. The zero-order valence-corrected chi connectivity index (χ0v) is 9.04. The Bertz CT molecular complexity index is 171. The minimum atomic E-state index is 0.169. The fourth-order valence-electron chi connectivity index (χ4n) is 1.22. The maximum atomic E-state index is 10.1. The van der Waals surface area contributed by atoms with Crippen LogP contribution in [-0.4, -0.2) is 19.5 Å². The van der Waals surface area contributed by atoms with Gasteiger partial charge in [0.1, 0.15) is 6.29 Å². The molecule has 0 amide bonds. The average molecular weight is 184 g/mol. The molecule has 13 heavy (non-hydrogen) atoms. The number of ether oxygens (including phenoxy) is 1. The van der Waals surface area contributed by atoms with Gasteiger partial charge in [-0.1, -0.05) is 26.8 Å². The van der Waals surface area contributed by atoms with Crippen molar-refractivity contribution >= 4 is 6.29 Å². The number of rotatable bonds is 6. The second-order valence-electron chi connectivity index (χ2n) is 3.87. The molecule has 0 radical (unpaired) electrons. The summed E-state index contributed by atoms with van der Waals surface area (Å²) >= 11 is 0. The summed E-state index contributed by atoms with van der Waals surface area (Å²) in [7, 11) is 1.72. The van der Waals surface area contributed by atoms with E-state index in [1.165, 1.54) is 6.08 Å². The van der Waals surface area contributed by atoms with E-state index >= 15 is 0 Å². The molecule has 0 aliphatic rings. The van der Waals surface area contributed by atoms with Crippen molar-refractivity contribution in [1.29, 1.82) is 0 Å². The highest BCUT2D eigenvalue weighted by atomic mass is 16.5. The third-order valence-electron chi connectivity index (χ3n) is 2.63. The topological polar surface area (TPSA) is 26.3 Å². The van der Waals surface area contributed by atoms with Crippen molar-refractivity contribution in [3.63, 3.8) is 0 Å². The summed E-state index contributed by atoms with van der Waals surface area (Å²) in [6.45, 7) is 6.50. The van der Waals surface area contributed by atoms with Gasteiger partial charge in [-0.15, -0.1) is 0 Å². The molecule has 0 aliphatic carbocycles. The number of hydrogen-bond donors (Lipinski definition) is 0. The molecule has 0 rings (SSSR count). The Morgan fingerprint density at radius 1 is 1.46 bits per heavy atom. The van der Waals surface area contributed by atoms with E-state index in [1.807, 2.05) is 6.08 Å². The predicted molar refractivity (Wildman–Crippen MR) is 54.7 cm³/mol. The van der Waals surface area contributed by atoms with Gasteiger partial charge in [-0.2, -0.15) is 0 Å². The molecular weight excluding hydrogens is 164 g/mol. The molecule has 76 valence electrons. The van der Waals surface area contributed by atoms with E-state index < -0.39 is 0 Å². The lowest BCUT2D eigenvalue weighted by Crippen LogP contribution is -2.30. The minimum absolute atomic E-state index is 0.169. The molecule has 0 aromatic heterocycles. The fraction of sp³-hybridized carbons (Fsp3) is 0.727. The molecule has 0 aliphatic heterocycles. The molecule has 0 spiro atoms. The summed E-state index contributed by atoms with van der Waals surface area (Å²) in [6.07, 6.45) is 6.24. The zero-order chi connectivity index (χ0) is 10.3. The van der Waals surface area contributed by atoms with Crippen molar-refractivity contribution in [2.75, 3.05) is 7.11 Å². The first-order valence-electron chi connectivity index (χ1n) is 4.71. The molecule has 0 bridgehead atoms. The van der Waals surface area contributed by atoms with Gasteiger partial charge in [0.25, 0.3) is 0 Å². The van der Waals surface area contributed by atoms with E-state index in [0.717, 1.165) is 19.1 Å². The van der Waals surface area contributed by atoms with E-state index in [0.29, 0.717) is 0 Å². The zero-order valence-electron chi connectivity index (χ0n) is 9.04. The Morgan fingerprint density at radius 3 is 2.46 bits per heavy atom. The molecule has 0 heterocycles. The van der Waals surface area contributed by atoms with Crippen molar-refractivity contribution in [3.05, 3.63) is 12.2 Å². The molecule has 2 nitrogen and oxygen atoms in total. The maximum Gasteiger partial charge on any atom is 0.142 e. The molecule has 1 unspecified atom stereocenters. The summed E-state index contributed by atoms with van der Waals surface area (Å²) in [4.78, 5) is 10.1. The second kappa shape index (κ2) is 5.92. The van der Waals surface area contributed by atoms with Crippen LogP contribution in [0.25, 0.3) is 0 Å². The summed E-state index contributed by atoms with van der Waals surface area (Å²) in [6, 6.07) is 0. The largest absolute Gasteiger partial charge is 0.381 e. The van der Waals surface area contributed by atoms with Crippen LogP contribution in [0.15, 0.2) is 12.2 Å². The first-order valence-corrected chi connectivity index (χ1v) is 4.71. The molecule has 2 heteroatoms. The van der Waals surface area contributed by atoms with Crippen molar-refractivity contribution in [3.8, 4) is 0 Å². The predicted octanol–water partition coefficient (Wildman–Crippen LogP) is 2.58. The first-order chi connectivity index (χ1) is 6.08. The van der Waals surface area contributed by atoms with Gasteiger partial charge in [-0.3, -0.25) is 4.79 Å². The third kappa shape index (κ3) is 4.23. The van der Waals surface area contributed by atoms with E-state index in [4.69, 9.17) is 4.74 Å². The molecule has 0 fully saturated rings. The number of carbonyl (C=O) groups excluding carboxylic acids is 1. The number of allylic oxidation sites excluding steroid dienone is 1. The lowest BCUT2D eigenvalue weighted by molar-refractivity contribution is -0.104. The summed E-state index contributed by atoms with van der Waals surface area (Å²) in [5.41, 5.74) is 0.169. The van der Waals surface area contributed by atoms with Crippen LogP contribution in [-0.2, 0) is 9.53 Å². The van der Waals surface area contributed by atoms with E-state index in [-0.39, 0.29) is 11.5 Å². The highest BCUT2D eigenvalue weighted by molar-refractivity contribution is 5.64. The number of aldehydes is 1. The van der Waals surface area contributed by atoms with Gasteiger partial charge in [0.2, 0.25) is 0 Å². The van der Waals surface area contributed by atoms with Gasteiger partial charge in [0.05, 0.1) is 6.10 Å². The van der Waals surface area contributed by atoms with Crippen LogP contribution in [0.5, 0.6) is 0 Å². The highest BCUT2D eigenvalue weighted by Gasteiger charge is 2.26. The van der Waals surface area contributed by atoms with Crippen molar-refractivity contribution in [2.45, 2.75) is 39.7 Å². The monoisotopic (exact) mass is 184 g/mol. The maximum absolute atomic E-state index is 10.1. The van der Waals surface area contributed by atoms with Crippen LogP contribution in [0.3, 0.4) is 0 Å². The first kappa shape index (κ1) is 12.4. The molecule has 0 aromatic carbocycles. The smallest absolute Gasteiger partial charge is 0.142 e.